The molecular weight excluding hydrogens is 414 g/mol. The number of nitrogens with zero attached hydrogens (tertiary/aromatic N) is 2. The average molecular weight is 444 g/mol. The topological polar surface area (TPSA) is 61.9 Å². The molecule has 1 fully saturated rings. The van der Waals surface area contributed by atoms with E-state index in [1.165, 1.54) is 0 Å². The number of ether oxygens (including phenoxy) is 1. The molecule has 1 atom stereocenters. The highest BCUT2D eigenvalue weighted by Crippen LogP contribution is 2.23. The Morgan fingerprint density at radius 1 is 0.818 bits per heavy atom. The van der Waals surface area contributed by atoms with Gasteiger partial charge in [-0.15, -0.1) is 0 Å². The van der Waals surface area contributed by atoms with E-state index in [-0.39, 0.29) is 11.8 Å². The lowest BCUT2D eigenvalue weighted by Crippen LogP contribution is -2.47. The van der Waals surface area contributed by atoms with E-state index < -0.39 is 6.10 Å². The molecule has 4 rings (SSSR count). The number of amides is 2. The summed E-state index contributed by atoms with van der Waals surface area (Å²) in [5.74, 6) is 0.240. The Hall–Kier alpha value is -3.64. The van der Waals surface area contributed by atoms with Crippen molar-refractivity contribution < 1.29 is 14.3 Å². The molecule has 6 nitrogen and oxygen atoms in total. The number of nitrogens with one attached hydrogen (secondary N) is 1. The molecule has 170 valence electrons. The maximum absolute atomic E-state index is 13.0. The fraction of sp³-hybridized carbons (Fsp3) is 0.259. The lowest BCUT2D eigenvalue weighted by Gasteiger charge is -2.32. The molecule has 0 saturated carbocycles. The van der Waals surface area contributed by atoms with E-state index in [1.54, 1.807) is 19.1 Å². The first kappa shape index (κ1) is 22.6. The van der Waals surface area contributed by atoms with Crippen molar-refractivity contribution in [1.82, 2.24) is 9.80 Å². The van der Waals surface area contributed by atoms with Gasteiger partial charge in [0.15, 0.2) is 6.10 Å². The van der Waals surface area contributed by atoms with Gasteiger partial charge in [0.1, 0.15) is 5.75 Å². The highest BCUT2D eigenvalue weighted by Gasteiger charge is 2.24. The molecule has 1 saturated heterocycles. The highest BCUT2D eigenvalue weighted by atomic mass is 16.5. The molecule has 0 aliphatic carbocycles. The van der Waals surface area contributed by atoms with Crippen molar-refractivity contribution in [3.8, 4) is 16.9 Å². The Balaban J connectivity index is 1.40. The zero-order valence-electron chi connectivity index (χ0n) is 19.0. The second kappa shape index (κ2) is 10.3. The number of piperazine rings is 1. The molecule has 0 spiro atoms. The second-order valence-electron chi connectivity index (χ2n) is 8.28. The Kier molecular flexibility index (Phi) is 7.05. The predicted molar refractivity (Wildman–Crippen MR) is 130 cm³/mol. The van der Waals surface area contributed by atoms with Crippen molar-refractivity contribution in [3.63, 3.8) is 0 Å². The molecule has 0 aromatic heterocycles. The van der Waals surface area contributed by atoms with E-state index >= 15 is 0 Å². The lowest BCUT2D eigenvalue weighted by atomic mass is 10.1. The molecule has 0 bridgehead atoms. The van der Waals surface area contributed by atoms with Crippen LogP contribution >= 0.6 is 0 Å². The van der Waals surface area contributed by atoms with Gasteiger partial charge in [0.2, 0.25) is 0 Å². The molecule has 1 aliphatic rings. The summed E-state index contributed by atoms with van der Waals surface area (Å²) >= 11 is 0. The zero-order valence-corrected chi connectivity index (χ0v) is 19.0. The van der Waals surface area contributed by atoms with Crippen LogP contribution in [-0.2, 0) is 4.79 Å². The van der Waals surface area contributed by atoms with Crippen LogP contribution in [0.25, 0.3) is 11.1 Å². The molecule has 1 unspecified atom stereocenters. The SMILES string of the molecule is CC(Oc1ccc(-c2ccccc2)cc1)C(=O)Nc1ccccc1C(=O)N1CCN(C)CC1. The Bertz CT molecular complexity index is 1090. The zero-order chi connectivity index (χ0) is 23.2. The van der Waals surface area contributed by atoms with E-state index in [0.717, 1.165) is 24.2 Å². The fourth-order valence-electron chi connectivity index (χ4n) is 3.81. The highest BCUT2D eigenvalue weighted by molar-refractivity contribution is 6.04. The van der Waals surface area contributed by atoms with E-state index in [0.29, 0.717) is 30.1 Å². The fourth-order valence-corrected chi connectivity index (χ4v) is 3.81. The van der Waals surface area contributed by atoms with Crippen molar-refractivity contribution in [1.29, 1.82) is 0 Å². The molecule has 3 aromatic carbocycles. The van der Waals surface area contributed by atoms with Gasteiger partial charge in [0, 0.05) is 26.2 Å². The third kappa shape index (κ3) is 5.59. The molecular formula is C27H29N3O3. The van der Waals surface area contributed by atoms with E-state index in [4.69, 9.17) is 4.74 Å². The molecule has 1 aliphatic heterocycles. The normalized spacial score (nSPS) is 15.0. The van der Waals surface area contributed by atoms with Gasteiger partial charge in [0.05, 0.1) is 11.3 Å². The molecule has 0 radical (unpaired) electrons. The lowest BCUT2D eigenvalue weighted by molar-refractivity contribution is -0.122. The number of carbonyl (C=O) groups excluding carboxylic acids is 2. The van der Waals surface area contributed by atoms with Gasteiger partial charge in [-0.3, -0.25) is 9.59 Å². The van der Waals surface area contributed by atoms with Crippen molar-refractivity contribution >= 4 is 17.5 Å². The van der Waals surface area contributed by atoms with E-state index in [1.807, 2.05) is 78.7 Å². The first-order valence-corrected chi connectivity index (χ1v) is 11.2. The van der Waals surface area contributed by atoms with E-state index in [2.05, 4.69) is 10.2 Å². The van der Waals surface area contributed by atoms with Crippen molar-refractivity contribution in [2.45, 2.75) is 13.0 Å². The first-order valence-electron chi connectivity index (χ1n) is 11.2. The standard InChI is InChI=1S/C27H29N3O3/c1-20(33-23-14-12-22(13-15-23)21-8-4-3-5-9-21)26(31)28-25-11-7-6-10-24(25)27(32)30-18-16-29(2)17-19-30/h3-15,20H,16-19H2,1-2H3,(H,28,31). The third-order valence-corrected chi connectivity index (χ3v) is 5.85. The summed E-state index contributed by atoms with van der Waals surface area (Å²) in [7, 11) is 2.05. The molecule has 1 heterocycles. The smallest absolute Gasteiger partial charge is 0.265 e. The number of hydrogen-bond acceptors (Lipinski definition) is 4. The quantitative estimate of drug-likeness (QED) is 0.622. The number of hydrogen-bond donors (Lipinski definition) is 1. The number of likely N-dealkylation sites (N-methyl/N-ethyl adjacent to an activating group) is 1. The number of anilines is 1. The maximum Gasteiger partial charge on any atom is 0.265 e. The minimum absolute atomic E-state index is 0.0657. The average Bonchev–Trinajstić information content (AvgIpc) is 2.85. The molecule has 1 N–H and O–H groups in total. The summed E-state index contributed by atoms with van der Waals surface area (Å²) in [5.41, 5.74) is 3.20. The second-order valence-corrected chi connectivity index (χ2v) is 8.28. The number of carbonyl (C=O) groups is 2. The van der Waals surface area contributed by atoms with Crippen LogP contribution in [0.15, 0.2) is 78.9 Å². The van der Waals surface area contributed by atoms with Crippen molar-refractivity contribution in [2.24, 2.45) is 0 Å². The van der Waals surface area contributed by atoms with Crippen LogP contribution in [0.4, 0.5) is 5.69 Å². The van der Waals surface area contributed by atoms with Gasteiger partial charge < -0.3 is 19.9 Å². The minimum Gasteiger partial charge on any atom is -0.481 e. The summed E-state index contributed by atoms with van der Waals surface area (Å²) in [6.45, 7) is 4.74. The molecule has 6 heteroatoms. The summed E-state index contributed by atoms with van der Waals surface area (Å²) in [6, 6.07) is 24.9. The third-order valence-electron chi connectivity index (χ3n) is 5.85. The first-order chi connectivity index (χ1) is 16.0. The number of para-hydroxylation sites is 1. The minimum atomic E-state index is -0.723. The number of benzene rings is 3. The van der Waals surface area contributed by atoms with Gasteiger partial charge in [0.25, 0.3) is 11.8 Å². The van der Waals surface area contributed by atoms with Crippen LogP contribution in [-0.4, -0.2) is 60.9 Å². The van der Waals surface area contributed by atoms with Crippen LogP contribution in [0.2, 0.25) is 0 Å². The summed E-state index contributed by atoms with van der Waals surface area (Å²) in [4.78, 5) is 29.9. The van der Waals surface area contributed by atoms with Crippen LogP contribution < -0.4 is 10.1 Å². The van der Waals surface area contributed by atoms with Gasteiger partial charge in [-0.25, -0.2) is 0 Å². The van der Waals surface area contributed by atoms with Crippen molar-refractivity contribution in [2.75, 3.05) is 38.5 Å². The summed E-state index contributed by atoms with van der Waals surface area (Å²) < 4.78 is 5.85. The Labute approximate surface area is 194 Å². The summed E-state index contributed by atoms with van der Waals surface area (Å²) in [5, 5.41) is 2.87. The van der Waals surface area contributed by atoms with Crippen LogP contribution in [0.5, 0.6) is 5.75 Å². The number of rotatable bonds is 6. The van der Waals surface area contributed by atoms with Crippen LogP contribution in [0.3, 0.4) is 0 Å². The van der Waals surface area contributed by atoms with Crippen molar-refractivity contribution in [3.05, 3.63) is 84.4 Å². The Morgan fingerprint density at radius 2 is 1.42 bits per heavy atom. The molecule has 33 heavy (non-hydrogen) atoms. The van der Waals surface area contributed by atoms with Gasteiger partial charge >= 0.3 is 0 Å². The largest absolute Gasteiger partial charge is 0.481 e. The van der Waals surface area contributed by atoms with Crippen LogP contribution in [0.1, 0.15) is 17.3 Å². The maximum atomic E-state index is 13.0. The van der Waals surface area contributed by atoms with Gasteiger partial charge in [-0.1, -0.05) is 54.6 Å². The monoisotopic (exact) mass is 443 g/mol. The molecule has 2 amide bonds. The van der Waals surface area contributed by atoms with E-state index in [9.17, 15) is 9.59 Å². The van der Waals surface area contributed by atoms with Gasteiger partial charge in [-0.05, 0) is 49.4 Å². The summed E-state index contributed by atoms with van der Waals surface area (Å²) in [6.07, 6.45) is -0.723. The van der Waals surface area contributed by atoms with Gasteiger partial charge in [-0.2, -0.15) is 0 Å². The Morgan fingerprint density at radius 3 is 2.12 bits per heavy atom. The predicted octanol–water partition coefficient (Wildman–Crippen LogP) is 4.15. The molecule has 3 aromatic rings. The van der Waals surface area contributed by atoms with Crippen LogP contribution in [0, 0.1) is 0 Å².